The van der Waals surface area contributed by atoms with Crippen molar-refractivity contribution in [1.82, 2.24) is 4.90 Å². The summed E-state index contributed by atoms with van der Waals surface area (Å²) in [4.78, 5) is 13.4. The van der Waals surface area contributed by atoms with E-state index in [0.717, 1.165) is 19.5 Å². The van der Waals surface area contributed by atoms with Gasteiger partial charge < -0.3 is 5.73 Å². The van der Waals surface area contributed by atoms with Crippen molar-refractivity contribution < 1.29 is 4.79 Å². The van der Waals surface area contributed by atoms with Gasteiger partial charge in [-0.15, -0.1) is 0 Å². The van der Waals surface area contributed by atoms with Gasteiger partial charge in [-0.25, -0.2) is 0 Å². The molecule has 1 amide bonds. The molecule has 2 N–H and O–H groups in total. The van der Waals surface area contributed by atoms with Crippen molar-refractivity contribution in [2.24, 2.45) is 11.1 Å². The highest BCUT2D eigenvalue weighted by Gasteiger charge is 2.40. The summed E-state index contributed by atoms with van der Waals surface area (Å²) in [6.45, 7) is 10.2. The Balaban J connectivity index is 2.71. The largest absolute Gasteiger partial charge is 0.368 e. The van der Waals surface area contributed by atoms with Gasteiger partial charge in [0.15, 0.2) is 0 Å². The van der Waals surface area contributed by atoms with E-state index in [1.54, 1.807) is 0 Å². The molecule has 13 heavy (non-hydrogen) atoms. The third-order valence-corrected chi connectivity index (χ3v) is 3.07. The summed E-state index contributed by atoms with van der Waals surface area (Å²) in [5, 5.41) is 0. The zero-order valence-electron chi connectivity index (χ0n) is 9.05. The Morgan fingerprint density at radius 3 is 2.31 bits per heavy atom. The number of carbonyl (C=O) groups is 1. The number of amides is 1. The fourth-order valence-corrected chi connectivity index (χ4v) is 1.75. The number of hydrogen-bond acceptors (Lipinski definition) is 2. The minimum atomic E-state index is -0.492. The maximum atomic E-state index is 11.2. The summed E-state index contributed by atoms with van der Waals surface area (Å²) >= 11 is 0. The van der Waals surface area contributed by atoms with E-state index in [2.05, 4.69) is 18.7 Å². The molecule has 1 fully saturated rings. The zero-order valence-corrected chi connectivity index (χ0v) is 9.05. The fourth-order valence-electron chi connectivity index (χ4n) is 1.75. The zero-order chi connectivity index (χ0) is 10.3. The van der Waals surface area contributed by atoms with Crippen LogP contribution in [0.2, 0.25) is 0 Å². The summed E-state index contributed by atoms with van der Waals surface area (Å²) in [6.07, 6.45) is 1.14. The van der Waals surface area contributed by atoms with Gasteiger partial charge in [-0.3, -0.25) is 9.69 Å². The van der Waals surface area contributed by atoms with Crippen LogP contribution in [0.1, 0.15) is 34.1 Å². The number of carbonyl (C=O) groups excluding carboxylic acids is 1. The standard InChI is InChI=1S/C10H20N2O/c1-9(2)5-6-12(7-9)10(3,4)8(11)13/h5-7H2,1-4H3,(H2,11,13). The van der Waals surface area contributed by atoms with Gasteiger partial charge in [0.25, 0.3) is 0 Å². The first kappa shape index (κ1) is 10.5. The van der Waals surface area contributed by atoms with Crippen LogP contribution in [-0.2, 0) is 4.79 Å². The second-order valence-corrected chi connectivity index (χ2v) is 5.26. The fraction of sp³-hybridized carbons (Fsp3) is 0.900. The van der Waals surface area contributed by atoms with Crippen molar-refractivity contribution in [3.05, 3.63) is 0 Å². The number of hydrogen-bond donors (Lipinski definition) is 1. The first-order valence-electron chi connectivity index (χ1n) is 4.81. The van der Waals surface area contributed by atoms with Crippen LogP contribution in [0.4, 0.5) is 0 Å². The number of nitrogens with two attached hydrogens (primary N) is 1. The summed E-state index contributed by atoms with van der Waals surface area (Å²) in [6, 6.07) is 0. The minimum absolute atomic E-state index is 0.231. The number of nitrogens with zero attached hydrogens (tertiary/aromatic N) is 1. The second-order valence-electron chi connectivity index (χ2n) is 5.26. The Morgan fingerprint density at radius 2 is 2.00 bits per heavy atom. The van der Waals surface area contributed by atoms with Gasteiger partial charge in [0.1, 0.15) is 0 Å². The number of likely N-dealkylation sites (tertiary alicyclic amines) is 1. The summed E-state index contributed by atoms with van der Waals surface area (Å²) < 4.78 is 0. The van der Waals surface area contributed by atoms with E-state index in [-0.39, 0.29) is 5.91 Å². The van der Waals surface area contributed by atoms with E-state index in [4.69, 9.17) is 5.73 Å². The van der Waals surface area contributed by atoms with E-state index in [1.807, 2.05) is 13.8 Å². The van der Waals surface area contributed by atoms with Crippen LogP contribution in [0.25, 0.3) is 0 Å². The molecule has 0 aromatic rings. The maximum Gasteiger partial charge on any atom is 0.237 e. The average Bonchev–Trinajstić information content (AvgIpc) is 2.30. The molecule has 0 spiro atoms. The average molecular weight is 184 g/mol. The molecule has 0 aromatic heterocycles. The number of primary amides is 1. The molecule has 0 bridgehead atoms. The third kappa shape index (κ3) is 2.02. The van der Waals surface area contributed by atoms with Gasteiger partial charge in [0.05, 0.1) is 5.54 Å². The lowest BCUT2D eigenvalue weighted by molar-refractivity contribution is -0.127. The van der Waals surface area contributed by atoms with Crippen LogP contribution in [0.15, 0.2) is 0 Å². The van der Waals surface area contributed by atoms with Gasteiger partial charge in [-0.05, 0) is 32.2 Å². The quantitative estimate of drug-likeness (QED) is 0.695. The van der Waals surface area contributed by atoms with Crippen LogP contribution in [0.3, 0.4) is 0 Å². The molecule has 0 radical (unpaired) electrons. The Bertz CT molecular complexity index is 221. The van der Waals surface area contributed by atoms with Crippen LogP contribution in [0.5, 0.6) is 0 Å². The van der Waals surface area contributed by atoms with Gasteiger partial charge >= 0.3 is 0 Å². The molecule has 0 aromatic carbocycles. The molecular weight excluding hydrogens is 164 g/mol. The molecule has 1 aliphatic rings. The second kappa shape index (κ2) is 2.98. The molecule has 1 aliphatic heterocycles. The molecule has 1 heterocycles. The van der Waals surface area contributed by atoms with E-state index in [0.29, 0.717) is 5.41 Å². The number of rotatable bonds is 2. The van der Waals surface area contributed by atoms with Crippen molar-refractivity contribution in [2.45, 2.75) is 39.7 Å². The van der Waals surface area contributed by atoms with Crippen molar-refractivity contribution in [1.29, 1.82) is 0 Å². The monoisotopic (exact) mass is 184 g/mol. The predicted octanol–water partition coefficient (Wildman–Crippen LogP) is 0.982. The third-order valence-electron chi connectivity index (χ3n) is 3.07. The summed E-state index contributed by atoms with van der Waals surface area (Å²) in [5.74, 6) is -0.231. The highest BCUT2D eigenvalue weighted by Crippen LogP contribution is 2.33. The SMILES string of the molecule is CC1(C)CCN(C(C)(C)C(N)=O)C1. The lowest BCUT2D eigenvalue weighted by Crippen LogP contribution is -2.52. The van der Waals surface area contributed by atoms with E-state index in [9.17, 15) is 4.79 Å². The van der Waals surface area contributed by atoms with Crippen LogP contribution < -0.4 is 5.73 Å². The van der Waals surface area contributed by atoms with Crippen molar-refractivity contribution in [3.63, 3.8) is 0 Å². The Labute approximate surface area is 80.3 Å². The van der Waals surface area contributed by atoms with Crippen LogP contribution >= 0.6 is 0 Å². The molecule has 3 nitrogen and oxygen atoms in total. The molecule has 0 atom stereocenters. The first-order chi connectivity index (χ1) is 5.76. The molecule has 0 aliphatic carbocycles. The molecular formula is C10H20N2O. The highest BCUT2D eigenvalue weighted by atomic mass is 16.1. The highest BCUT2D eigenvalue weighted by molar-refractivity contribution is 5.83. The van der Waals surface area contributed by atoms with Crippen molar-refractivity contribution in [3.8, 4) is 0 Å². The Kier molecular flexibility index (Phi) is 2.41. The molecule has 1 rings (SSSR count). The Hall–Kier alpha value is -0.570. The van der Waals surface area contributed by atoms with Gasteiger partial charge in [0.2, 0.25) is 5.91 Å². The van der Waals surface area contributed by atoms with Gasteiger partial charge in [-0.1, -0.05) is 13.8 Å². The van der Waals surface area contributed by atoms with Crippen LogP contribution in [0, 0.1) is 5.41 Å². The molecule has 3 heteroatoms. The van der Waals surface area contributed by atoms with Gasteiger partial charge in [-0.2, -0.15) is 0 Å². The predicted molar refractivity (Wildman–Crippen MR) is 53.2 cm³/mol. The molecule has 76 valence electrons. The Morgan fingerprint density at radius 1 is 1.46 bits per heavy atom. The van der Waals surface area contributed by atoms with Crippen LogP contribution in [-0.4, -0.2) is 29.4 Å². The maximum absolute atomic E-state index is 11.2. The normalized spacial score (nSPS) is 23.4. The lowest BCUT2D eigenvalue weighted by Gasteiger charge is -2.33. The molecule has 0 saturated carbocycles. The van der Waals surface area contributed by atoms with Gasteiger partial charge in [0, 0.05) is 6.54 Å². The van der Waals surface area contributed by atoms with E-state index < -0.39 is 5.54 Å². The van der Waals surface area contributed by atoms with Crippen molar-refractivity contribution >= 4 is 5.91 Å². The van der Waals surface area contributed by atoms with E-state index in [1.165, 1.54) is 0 Å². The van der Waals surface area contributed by atoms with E-state index >= 15 is 0 Å². The van der Waals surface area contributed by atoms with Crippen molar-refractivity contribution in [2.75, 3.05) is 13.1 Å². The first-order valence-corrected chi connectivity index (χ1v) is 4.81. The summed E-state index contributed by atoms with van der Waals surface area (Å²) in [5.41, 5.74) is 5.19. The topological polar surface area (TPSA) is 46.3 Å². The molecule has 0 unspecified atom stereocenters. The molecule has 1 saturated heterocycles. The minimum Gasteiger partial charge on any atom is -0.368 e. The summed E-state index contributed by atoms with van der Waals surface area (Å²) in [7, 11) is 0. The smallest absolute Gasteiger partial charge is 0.237 e. The lowest BCUT2D eigenvalue weighted by atomic mass is 9.93.